The number of hydrogen-bond donors (Lipinski definition) is 2. The summed E-state index contributed by atoms with van der Waals surface area (Å²) in [6, 6.07) is 2.94. The average molecular weight is 206 g/mol. The smallest absolute Gasteiger partial charge is 0.347 e. The van der Waals surface area contributed by atoms with Crippen LogP contribution >= 0.6 is 0 Å². The molecule has 0 aliphatic rings. The second kappa shape index (κ2) is 3.02. The predicted molar refractivity (Wildman–Crippen MR) is 55.3 cm³/mol. The molecule has 2 rings (SSSR count). The van der Waals surface area contributed by atoms with Crippen molar-refractivity contribution in [1.82, 2.24) is 0 Å². The summed E-state index contributed by atoms with van der Waals surface area (Å²) in [5.74, 6) is -0.236. The minimum atomic E-state index is -0.638. The molecule has 1 aromatic carbocycles. The zero-order valence-corrected chi connectivity index (χ0v) is 8.37. The molecule has 0 unspecified atom stereocenters. The zero-order valence-electron chi connectivity index (χ0n) is 8.37. The van der Waals surface area contributed by atoms with E-state index in [1.54, 1.807) is 19.9 Å². The van der Waals surface area contributed by atoms with E-state index in [-0.39, 0.29) is 11.1 Å². The lowest BCUT2D eigenvalue weighted by atomic mass is 10.1. The lowest BCUT2D eigenvalue weighted by Crippen LogP contribution is -2.03. The van der Waals surface area contributed by atoms with Crippen LogP contribution in [-0.4, -0.2) is 10.2 Å². The van der Waals surface area contributed by atoms with Gasteiger partial charge in [0, 0.05) is 0 Å². The number of hydrogen-bond acceptors (Lipinski definition) is 4. The maximum absolute atomic E-state index is 11.5. The summed E-state index contributed by atoms with van der Waals surface area (Å²) in [4.78, 5) is 11.5. The van der Waals surface area contributed by atoms with Crippen LogP contribution in [0.2, 0.25) is 0 Å². The normalized spacial score (nSPS) is 10.8. The summed E-state index contributed by atoms with van der Waals surface area (Å²) in [6.45, 7) is 3.47. The van der Waals surface area contributed by atoms with Gasteiger partial charge >= 0.3 is 5.63 Å². The number of phenols is 2. The SMILES string of the molecule is Cc1oc(=O)c2c(O)c(O)ccc2c1C. The first-order valence-corrected chi connectivity index (χ1v) is 4.47. The first-order chi connectivity index (χ1) is 7.02. The minimum absolute atomic E-state index is 0.0260. The van der Waals surface area contributed by atoms with E-state index in [9.17, 15) is 15.0 Å². The molecule has 15 heavy (non-hydrogen) atoms. The summed E-state index contributed by atoms with van der Waals surface area (Å²) in [5.41, 5.74) is 0.140. The fourth-order valence-electron chi connectivity index (χ4n) is 1.56. The van der Waals surface area contributed by atoms with E-state index < -0.39 is 11.4 Å². The molecule has 1 heterocycles. The number of rotatable bonds is 0. The Morgan fingerprint density at radius 2 is 1.87 bits per heavy atom. The van der Waals surface area contributed by atoms with Crippen molar-refractivity contribution >= 4 is 10.8 Å². The van der Waals surface area contributed by atoms with E-state index in [4.69, 9.17) is 4.42 Å². The van der Waals surface area contributed by atoms with Gasteiger partial charge in [0.05, 0.1) is 0 Å². The van der Waals surface area contributed by atoms with E-state index in [1.807, 2.05) is 0 Å². The van der Waals surface area contributed by atoms with E-state index >= 15 is 0 Å². The van der Waals surface area contributed by atoms with Crippen LogP contribution in [0.3, 0.4) is 0 Å². The molecule has 0 radical (unpaired) electrons. The first-order valence-electron chi connectivity index (χ1n) is 4.47. The molecule has 0 saturated carbocycles. The quantitative estimate of drug-likeness (QED) is 0.645. The lowest BCUT2D eigenvalue weighted by molar-refractivity contribution is 0.405. The standard InChI is InChI=1S/C11H10O4/c1-5-6(2)15-11(14)9-7(5)3-4-8(12)10(9)13/h3-4,12-13H,1-2H3. The monoisotopic (exact) mass is 206 g/mol. The summed E-state index contributed by atoms with van der Waals surface area (Å²) >= 11 is 0. The Kier molecular flexibility index (Phi) is 1.93. The van der Waals surface area contributed by atoms with Gasteiger partial charge in [-0.2, -0.15) is 0 Å². The highest BCUT2D eigenvalue weighted by Gasteiger charge is 2.13. The predicted octanol–water partition coefficient (Wildman–Crippen LogP) is 1.82. The lowest BCUT2D eigenvalue weighted by Gasteiger charge is -2.06. The van der Waals surface area contributed by atoms with Crippen LogP contribution in [0.4, 0.5) is 0 Å². The molecule has 0 bridgehead atoms. The summed E-state index contributed by atoms with van der Waals surface area (Å²) in [6.07, 6.45) is 0. The number of fused-ring (bicyclic) bond motifs is 1. The van der Waals surface area contributed by atoms with Gasteiger partial charge in [-0.1, -0.05) is 0 Å². The molecule has 0 aliphatic carbocycles. The van der Waals surface area contributed by atoms with E-state index in [0.717, 1.165) is 5.56 Å². The first kappa shape index (κ1) is 9.58. The highest BCUT2D eigenvalue weighted by Crippen LogP contribution is 2.33. The highest BCUT2D eigenvalue weighted by atomic mass is 16.4. The molecule has 1 aromatic heterocycles. The molecule has 0 amide bonds. The second-order valence-corrected chi connectivity index (χ2v) is 3.43. The largest absolute Gasteiger partial charge is 0.504 e. The molecule has 0 fully saturated rings. The Balaban J connectivity index is 3.10. The maximum Gasteiger partial charge on any atom is 0.347 e. The van der Waals surface area contributed by atoms with Crippen LogP contribution in [0.15, 0.2) is 21.3 Å². The van der Waals surface area contributed by atoms with Crippen molar-refractivity contribution in [3.8, 4) is 11.5 Å². The summed E-state index contributed by atoms with van der Waals surface area (Å²) in [7, 11) is 0. The van der Waals surface area contributed by atoms with Crippen molar-refractivity contribution in [3.63, 3.8) is 0 Å². The van der Waals surface area contributed by atoms with Crippen molar-refractivity contribution < 1.29 is 14.6 Å². The molecule has 0 atom stereocenters. The van der Waals surface area contributed by atoms with Crippen LogP contribution in [-0.2, 0) is 0 Å². The molecular weight excluding hydrogens is 196 g/mol. The van der Waals surface area contributed by atoms with Crippen LogP contribution in [0.25, 0.3) is 10.8 Å². The number of aryl methyl sites for hydroxylation is 2. The third-order valence-electron chi connectivity index (χ3n) is 2.54. The molecule has 0 spiro atoms. The Morgan fingerprint density at radius 3 is 2.53 bits per heavy atom. The van der Waals surface area contributed by atoms with Gasteiger partial charge in [-0.05, 0) is 36.9 Å². The Bertz CT molecular complexity index is 596. The van der Waals surface area contributed by atoms with Gasteiger partial charge < -0.3 is 14.6 Å². The topological polar surface area (TPSA) is 70.7 Å². The van der Waals surface area contributed by atoms with Crippen LogP contribution in [0.5, 0.6) is 11.5 Å². The zero-order chi connectivity index (χ0) is 11.2. The van der Waals surface area contributed by atoms with Gasteiger partial charge in [-0.15, -0.1) is 0 Å². The van der Waals surface area contributed by atoms with Gasteiger partial charge in [0.2, 0.25) is 0 Å². The van der Waals surface area contributed by atoms with Crippen molar-refractivity contribution in [2.45, 2.75) is 13.8 Å². The molecule has 0 aliphatic heterocycles. The maximum atomic E-state index is 11.5. The van der Waals surface area contributed by atoms with E-state index in [1.165, 1.54) is 6.07 Å². The van der Waals surface area contributed by atoms with Gasteiger partial charge in [0.15, 0.2) is 11.5 Å². The molecule has 2 N–H and O–H groups in total. The number of benzene rings is 1. The van der Waals surface area contributed by atoms with Crippen LogP contribution in [0, 0.1) is 13.8 Å². The van der Waals surface area contributed by atoms with Gasteiger partial charge in [0.25, 0.3) is 0 Å². The highest BCUT2D eigenvalue weighted by molar-refractivity contribution is 5.91. The average Bonchev–Trinajstić information content (AvgIpc) is 2.18. The molecule has 0 saturated heterocycles. The summed E-state index contributed by atoms with van der Waals surface area (Å²) in [5, 5.41) is 19.4. The van der Waals surface area contributed by atoms with Crippen LogP contribution < -0.4 is 5.63 Å². The van der Waals surface area contributed by atoms with Crippen molar-refractivity contribution in [2.24, 2.45) is 0 Å². The minimum Gasteiger partial charge on any atom is -0.504 e. The molecule has 78 valence electrons. The number of phenolic OH excluding ortho intramolecular Hbond substituents is 2. The molecule has 4 nitrogen and oxygen atoms in total. The molecule has 4 heteroatoms. The Hall–Kier alpha value is -1.97. The van der Waals surface area contributed by atoms with E-state index in [0.29, 0.717) is 11.1 Å². The molecular formula is C11H10O4. The fourth-order valence-corrected chi connectivity index (χ4v) is 1.56. The second-order valence-electron chi connectivity index (χ2n) is 3.43. The number of aromatic hydroxyl groups is 2. The van der Waals surface area contributed by atoms with Crippen molar-refractivity contribution in [1.29, 1.82) is 0 Å². The van der Waals surface area contributed by atoms with Gasteiger partial charge in [-0.3, -0.25) is 0 Å². The summed E-state index contributed by atoms with van der Waals surface area (Å²) < 4.78 is 4.93. The van der Waals surface area contributed by atoms with Gasteiger partial charge in [-0.25, -0.2) is 4.79 Å². The van der Waals surface area contributed by atoms with Gasteiger partial charge in [0.1, 0.15) is 11.1 Å². The third kappa shape index (κ3) is 1.26. The Labute approximate surface area is 85.4 Å². The third-order valence-corrected chi connectivity index (χ3v) is 2.54. The molecule has 2 aromatic rings. The Morgan fingerprint density at radius 1 is 1.20 bits per heavy atom. The van der Waals surface area contributed by atoms with Crippen molar-refractivity contribution in [3.05, 3.63) is 33.9 Å². The van der Waals surface area contributed by atoms with E-state index in [2.05, 4.69) is 0 Å². The van der Waals surface area contributed by atoms with Crippen molar-refractivity contribution in [2.75, 3.05) is 0 Å². The fraction of sp³-hybridized carbons (Fsp3) is 0.182. The van der Waals surface area contributed by atoms with Crippen LogP contribution in [0.1, 0.15) is 11.3 Å².